The molecule has 0 spiro atoms. The maximum absolute atomic E-state index is 13.4. The molecule has 2 atom stereocenters. The van der Waals surface area contributed by atoms with Gasteiger partial charge in [0.05, 0.1) is 5.54 Å². The highest BCUT2D eigenvalue weighted by Crippen LogP contribution is 2.31. The first-order chi connectivity index (χ1) is 8.92. The van der Waals surface area contributed by atoms with Gasteiger partial charge in [-0.25, -0.2) is 4.39 Å². The predicted molar refractivity (Wildman–Crippen MR) is 74.3 cm³/mol. The molecule has 3 N–H and O–H groups in total. The van der Waals surface area contributed by atoms with Gasteiger partial charge in [-0.15, -0.1) is 0 Å². The van der Waals surface area contributed by atoms with Crippen LogP contribution in [0.4, 0.5) is 10.1 Å². The number of hydrogen-bond donors (Lipinski definition) is 2. The zero-order chi connectivity index (χ0) is 14.0. The van der Waals surface area contributed by atoms with Gasteiger partial charge < -0.3 is 11.1 Å². The van der Waals surface area contributed by atoms with Crippen LogP contribution in [0, 0.1) is 18.7 Å². The molecule has 1 aliphatic rings. The number of nitrogens with one attached hydrogen (secondary N) is 1. The standard InChI is InChI=1S/C15H21FN2O/c1-10-5-4-8-15(17,9-10)14(19)18-13-7-3-6-12(16)11(13)2/h3,6-7,10H,4-5,8-9,17H2,1-2H3,(H,18,19). The number of amides is 1. The number of hydrogen-bond acceptors (Lipinski definition) is 2. The Hall–Kier alpha value is -1.42. The molecule has 2 unspecified atom stereocenters. The highest BCUT2D eigenvalue weighted by molar-refractivity contribution is 5.98. The quantitative estimate of drug-likeness (QED) is 0.862. The molecule has 1 fully saturated rings. The van der Waals surface area contributed by atoms with E-state index >= 15 is 0 Å². The molecule has 0 saturated heterocycles. The van der Waals surface area contributed by atoms with E-state index in [4.69, 9.17) is 5.73 Å². The van der Waals surface area contributed by atoms with Gasteiger partial charge in [-0.3, -0.25) is 4.79 Å². The Labute approximate surface area is 113 Å². The van der Waals surface area contributed by atoms with E-state index in [1.54, 1.807) is 19.1 Å². The van der Waals surface area contributed by atoms with E-state index in [1.807, 2.05) is 0 Å². The molecule has 19 heavy (non-hydrogen) atoms. The third-order valence-electron chi connectivity index (χ3n) is 4.00. The number of nitrogens with two attached hydrogens (primary N) is 1. The van der Waals surface area contributed by atoms with E-state index in [0.717, 1.165) is 12.8 Å². The van der Waals surface area contributed by atoms with Crippen molar-refractivity contribution in [3.05, 3.63) is 29.6 Å². The molecular weight excluding hydrogens is 243 g/mol. The molecule has 4 heteroatoms. The number of anilines is 1. The average Bonchev–Trinajstić information content (AvgIpc) is 2.34. The lowest BCUT2D eigenvalue weighted by molar-refractivity contribution is -0.122. The fourth-order valence-corrected chi connectivity index (χ4v) is 2.79. The summed E-state index contributed by atoms with van der Waals surface area (Å²) in [6.07, 6.45) is 3.46. The van der Waals surface area contributed by atoms with Crippen LogP contribution in [-0.4, -0.2) is 11.4 Å². The van der Waals surface area contributed by atoms with Gasteiger partial charge in [0.1, 0.15) is 5.82 Å². The molecular formula is C15H21FN2O. The summed E-state index contributed by atoms with van der Waals surface area (Å²) in [6.45, 7) is 3.76. The van der Waals surface area contributed by atoms with E-state index in [2.05, 4.69) is 12.2 Å². The second-order valence-corrected chi connectivity index (χ2v) is 5.72. The lowest BCUT2D eigenvalue weighted by atomic mass is 9.76. The van der Waals surface area contributed by atoms with Gasteiger partial charge >= 0.3 is 0 Å². The van der Waals surface area contributed by atoms with E-state index < -0.39 is 5.54 Å². The van der Waals surface area contributed by atoms with Crippen molar-refractivity contribution in [1.82, 2.24) is 0 Å². The zero-order valence-corrected chi connectivity index (χ0v) is 11.5. The van der Waals surface area contributed by atoms with Gasteiger partial charge in [0.15, 0.2) is 0 Å². The summed E-state index contributed by atoms with van der Waals surface area (Å²) in [5, 5.41) is 2.78. The van der Waals surface area contributed by atoms with Crippen LogP contribution in [-0.2, 0) is 4.79 Å². The Kier molecular flexibility index (Phi) is 3.90. The van der Waals surface area contributed by atoms with E-state index in [9.17, 15) is 9.18 Å². The molecule has 0 aromatic heterocycles. The minimum atomic E-state index is -0.823. The maximum atomic E-state index is 13.4. The molecule has 0 aliphatic heterocycles. The molecule has 1 amide bonds. The van der Waals surface area contributed by atoms with Gasteiger partial charge in [-0.2, -0.15) is 0 Å². The van der Waals surface area contributed by atoms with Crippen LogP contribution in [0.15, 0.2) is 18.2 Å². The Morgan fingerprint density at radius 3 is 2.95 bits per heavy atom. The molecule has 0 radical (unpaired) electrons. The van der Waals surface area contributed by atoms with E-state index in [1.165, 1.54) is 6.07 Å². The van der Waals surface area contributed by atoms with Crippen LogP contribution < -0.4 is 11.1 Å². The summed E-state index contributed by atoms with van der Waals surface area (Å²) in [7, 11) is 0. The summed E-state index contributed by atoms with van der Waals surface area (Å²) >= 11 is 0. The van der Waals surface area contributed by atoms with Gasteiger partial charge in [0.25, 0.3) is 0 Å². The summed E-state index contributed by atoms with van der Waals surface area (Å²) < 4.78 is 13.4. The molecule has 1 aliphatic carbocycles. The molecule has 1 aromatic carbocycles. The number of rotatable bonds is 2. The van der Waals surface area contributed by atoms with Crippen LogP contribution >= 0.6 is 0 Å². The molecule has 1 saturated carbocycles. The minimum Gasteiger partial charge on any atom is -0.324 e. The van der Waals surface area contributed by atoms with Crippen molar-refractivity contribution < 1.29 is 9.18 Å². The van der Waals surface area contributed by atoms with Crippen LogP contribution in [0.2, 0.25) is 0 Å². The first kappa shape index (κ1) is 14.0. The van der Waals surface area contributed by atoms with Crippen molar-refractivity contribution in [2.24, 2.45) is 11.7 Å². The lowest BCUT2D eigenvalue weighted by Gasteiger charge is -2.35. The zero-order valence-electron chi connectivity index (χ0n) is 11.5. The fraction of sp³-hybridized carbons (Fsp3) is 0.533. The first-order valence-corrected chi connectivity index (χ1v) is 6.78. The van der Waals surface area contributed by atoms with Crippen molar-refractivity contribution >= 4 is 11.6 Å². The Morgan fingerprint density at radius 2 is 2.26 bits per heavy atom. The lowest BCUT2D eigenvalue weighted by Crippen LogP contribution is -2.53. The topological polar surface area (TPSA) is 55.1 Å². The van der Waals surface area contributed by atoms with Crippen LogP contribution in [0.25, 0.3) is 0 Å². The highest BCUT2D eigenvalue weighted by Gasteiger charge is 2.38. The van der Waals surface area contributed by atoms with Gasteiger partial charge in [-0.1, -0.05) is 25.8 Å². The van der Waals surface area contributed by atoms with Crippen molar-refractivity contribution in [3.8, 4) is 0 Å². The normalized spacial score (nSPS) is 27.1. The summed E-state index contributed by atoms with van der Waals surface area (Å²) in [5.74, 6) is -0.0632. The molecule has 0 bridgehead atoms. The number of carbonyl (C=O) groups excluding carboxylic acids is 1. The summed E-state index contributed by atoms with van der Waals surface area (Å²) in [5.41, 5.74) is 6.36. The predicted octanol–water partition coefficient (Wildman–Crippen LogP) is 2.98. The van der Waals surface area contributed by atoms with Crippen molar-refractivity contribution in [3.63, 3.8) is 0 Å². The SMILES string of the molecule is Cc1c(F)cccc1NC(=O)C1(N)CCCC(C)C1. The summed E-state index contributed by atoms with van der Waals surface area (Å²) in [4.78, 5) is 12.3. The van der Waals surface area contributed by atoms with Gasteiger partial charge in [0, 0.05) is 11.3 Å². The monoisotopic (exact) mass is 264 g/mol. The van der Waals surface area contributed by atoms with E-state index in [-0.39, 0.29) is 11.7 Å². The second kappa shape index (κ2) is 5.29. The number of benzene rings is 1. The highest BCUT2D eigenvalue weighted by atomic mass is 19.1. The Bertz CT molecular complexity index is 489. The summed E-state index contributed by atoms with van der Waals surface area (Å²) in [6, 6.07) is 4.67. The van der Waals surface area contributed by atoms with Crippen molar-refractivity contribution in [2.45, 2.75) is 45.1 Å². The number of carbonyl (C=O) groups is 1. The minimum absolute atomic E-state index is 0.201. The van der Waals surface area contributed by atoms with Gasteiger partial charge in [-0.05, 0) is 37.8 Å². The third-order valence-corrected chi connectivity index (χ3v) is 4.00. The van der Waals surface area contributed by atoms with Crippen molar-refractivity contribution in [2.75, 3.05) is 5.32 Å². The molecule has 1 aromatic rings. The first-order valence-electron chi connectivity index (χ1n) is 6.78. The van der Waals surface area contributed by atoms with Crippen LogP contribution in [0.5, 0.6) is 0 Å². The maximum Gasteiger partial charge on any atom is 0.244 e. The average molecular weight is 264 g/mol. The second-order valence-electron chi connectivity index (χ2n) is 5.72. The molecule has 2 rings (SSSR count). The van der Waals surface area contributed by atoms with Crippen LogP contribution in [0.1, 0.15) is 38.2 Å². The molecule has 104 valence electrons. The largest absolute Gasteiger partial charge is 0.324 e. The fourth-order valence-electron chi connectivity index (χ4n) is 2.79. The number of halogens is 1. The van der Waals surface area contributed by atoms with Crippen molar-refractivity contribution in [1.29, 1.82) is 0 Å². The molecule has 3 nitrogen and oxygen atoms in total. The Morgan fingerprint density at radius 1 is 1.53 bits per heavy atom. The smallest absolute Gasteiger partial charge is 0.244 e. The van der Waals surface area contributed by atoms with E-state index in [0.29, 0.717) is 30.0 Å². The molecule has 0 heterocycles. The third kappa shape index (κ3) is 2.95. The van der Waals surface area contributed by atoms with Crippen LogP contribution in [0.3, 0.4) is 0 Å². The van der Waals surface area contributed by atoms with Gasteiger partial charge in [0.2, 0.25) is 5.91 Å². The Balaban J connectivity index is 2.14.